The van der Waals surface area contributed by atoms with E-state index in [2.05, 4.69) is 18.7 Å². The molecule has 20 heavy (non-hydrogen) atoms. The van der Waals surface area contributed by atoms with E-state index in [4.69, 9.17) is 0 Å². The average Bonchev–Trinajstić information content (AvgIpc) is 2.47. The van der Waals surface area contributed by atoms with Crippen LogP contribution < -0.4 is 0 Å². The summed E-state index contributed by atoms with van der Waals surface area (Å²) in [6.07, 6.45) is 0. The molecule has 1 amide bonds. The highest BCUT2D eigenvalue weighted by Crippen LogP contribution is 2.13. The van der Waals surface area contributed by atoms with E-state index in [0.717, 1.165) is 19.6 Å². The van der Waals surface area contributed by atoms with Gasteiger partial charge in [0.25, 0.3) is 11.6 Å². The monoisotopic (exact) mass is 279 g/mol. The molecule has 1 aromatic carbocycles. The molecule has 0 aromatic heterocycles. The standard InChI is InChI=1S/C14H21N3O3/c1-4-16(5-2)11-10-15(3)14(18)12-6-8-13(9-7-12)17(19)20/h6-9H,4-5,10-11H2,1-3H3. The van der Waals surface area contributed by atoms with E-state index in [1.807, 2.05) is 0 Å². The summed E-state index contributed by atoms with van der Waals surface area (Å²) < 4.78 is 0. The molecule has 0 bridgehead atoms. The first-order chi connectivity index (χ1) is 9.49. The van der Waals surface area contributed by atoms with Crippen LogP contribution in [-0.2, 0) is 0 Å². The number of amides is 1. The number of hydrogen-bond donors (Lipinski definition) is 0. The van der Waals surface area contributed by atoms with Crippen molar-refractivity contribution in [2.45, 2.75) is 13.8 Å². The lowest BCUT2D eigenvalue weighted by molar-refractivity contribution is -0.384. The summed E-state index contributed by atoms with van der Waals surface area (Å²) in [4.78, 5) is 26.1. The second-order valence-electron chi connectivity index (χ2n) is 4.56. The van der Waals surface area contributed by atoms with Crippen LogP contribution in [0.25, 0.3) is 0 Å². The van der Waals surface area contributed by atoms with Gasteiger partial charge in [-0.25, -0.2) is 0 Å². The van der Waals surface area contributed by atoms with E-state index >= 15 is 0 Å². The summed E-state index contributed by atoms with van der Waals surface area (Å²) in [6.45, 7) is 7.54. The maximum absolute atomic E-state index is 12.2. The van der Waals surface area contributed by atoms with Gasteiger partial charge in [-0.1, -0.05) is 13.8 Å². The highest BCUT2D eigenvalue weighted by molar-refractivity contribution is 5.94. The van der Waals surface area contributed by atoms with Crippen LogP contribution in [0, 0.1) is 10.1 Å². The lowest BCUT2D eigenvalue weighted by Crippen LogP contribution is -2.36. The lowest BCUT2D eigenvalue weighted by atomic mass is 10.2. The average molecular weight is 279 g/mol. The Morgan fingerprint density at radius 1 is 1.15 bits per heavy atom. The number of likely N-dealkylation sites (N-methyl/N-ethyl adjacent to an activating group) is 2. The van der Waals surface area contributed by atoms with Crippen molar-refractivity contribution in [3.05, 3.63) is 39.9 Å². The number of nitro benzene ring substituents is 1. The molecule has 0 unspecified atom stereocenters. The maximum atomic E-state index is 12.2. The molecule has 0 aliphatic carbocycles. The molecule has 6 heteroatoms. The molecule has 0 saturated carbocycles. The van der Waals surface area contributed by atoms with Gasteiger partial charge in [-0.05, 0) is 25.2 Å². The Morgan fingerprint density at radius 3 is 2.15 bits per heavy atom. The van der Waals surface area contributed by atoms with Gasteiger partial charge >= 0.3 is 0 Å². The molecule has 1 rings (SSSR count). The smallest absolute Gasteiger partial charge is 0.269 e. The molecule has 110 valence electrons. The summed E-state index contributed by atoms with van der Waals surface area (Å²) in [7, 11) is 1.74. The Labute approximate surface area is 119 Å². The molecule has 0 heterocycles. The number of rotatable bonds is 7. The first-order valence-electron chi connectivity index (χ1n) is 6.71. The fourth-order valence-corrected chi connectivity index (χ4v) is 1.88. The maximum Gasteiger partial charge on any atom is 0.269 e. The van der Waals surface area contributed by atoms with E-state index in [1.54, 1.807) is 11.9 Å². The van der Waals surface area contributed by atoms with Crippen molar-refractivity contribution in [1.82, 2.24) is 9.80 Å². The predicted molar refractivity (Wildman–Crippen MR) is 77.8 cm³/mol. The number of nitrogens with zero attached hydrogens (tertiary/aromatic N) is 3. The predicted octanol–water partition coefficient (Wildman–Crippen LogP) is 2.01. The first kappa shape index (κ1) is 16.1. The van der Waals surface area contributed by atoms with E-state index < -0.39 is 4.92 Å². The molecule has 0 radical (unpaired) electrons. The third kappa shape index (κ3) is 4.31. The van der Waals surface area contributed by atoms with Gasteiger partial charge in [0.05, 0.1) is 4.92 Å². The molecular formula is C14H21N3O3. The molecule has 0 atom stereocenters. The highest BCUT2D eigenvalue weighted by atomic mass is 16.6. The van der Waals surface area contributed by atoms with Crippen LogP contribution in [-0.4, -0.2) is 53.9 Å². The number of benzene rings is 1. The second-order valence-corrected chi connectivity index (χ2v) is 4.56. The van der Waals surface area contributed by atoms with Crippen LogP contribution in [0.2, 0.25) is 0 Å². The molecule has 0 aliphatic heterocycles. The van der Waals surface area contributed by atoms with Gasteiger partial charge in [0, 0.05) is 37.8 Å². The van der Waals surface area contributed by atoms with Crippen LogP contribution in [0.5, 0.6) is 0 Å². The molecule has 1 aromatic rings. The van der Waals surface area contributed by atoms with Crippen molar-refractivity contribution in [3.8, 4) is 0 Å². The molecule has 6 nitrogen and oxygen atoms in total. The van der Waals surface area contributed by atoms with Gasteiger partial charge in [0.15, 0.2) is 0 Å². The van der Waals surface area contributed by atoms with E-state index in [-0.39, 0.29) is 11.6 Å². The van der Waals surface area contributed by atoms with Gasteiger partial charge in [-0.3, -0.25) is 14.9 Å². The van der Waals surface area contributed by atoms with Crippen LogP contribution >= 0.6 is 0 Å². The number of hydrogen-bond acceptors (Lipinski definition) is 4. The molecular weight excluding hydrogens is 258 g/mol. The van der Waals surface area contributed by atoms with Crippen molar-refractivity contribution in [1.29, 1.82) is 0 Å². The van der Waals surface area contributed by atoms with Crippen molar-refractivity contribution in [3.63, 3.8) is 0 Å². The van der Waals surface area contributed by atoms with Gasteiger partial charge in [-0.2, -0.15) is 0 Å². The van der Waals surface area contributed by atoms with Crippen molar-refractivity contribution in [2.75, 3.05) is 33.2 Å². The summed E-state index contributed by atoms with van der Waals surface area (Å²) in [5.41, 5.74) is 0.463. The zero-order valence-electron chi connectivity index (χ0n) is 12.2. The van der Waals surface area contributed by atoms with E-state index in [9.17, 15) is 14.9 Å². The van der Waals surface area contributed by atoms with Gasteiger partial charge in [0.2, 0.25) is 0 Å². The largest absolute Gasteiger partial charge is 0.340 e. The first-order valence-corrected chi connectivity index (χ1v) is 6.71. The molecule has 0 saturated heterocycles. The second kappa shape index (κ2) is 7.59. The summed E-state index contributed by atoms with van der Waals surface area (Å²) in [5.74, 6) is -0.118. The van der Waals surface area contributed by atoms with Gasteiger partial charge < -0.3 is 9.80 Å². The van der Waals surface area contributed by atoms with Crippen molar-refractivity contribution >= 4 is 11.6 Å². The number of carbonyl (C=O) groups excluding carboxylic acids is 1. The Kier molecular flexibility index (Phi) is 6.11. The molecule has 0 fully saturated rings. The SMILES string of the molecule is CCN(CC)CCN(C)C(=O)c1ccc([N+](=O)[O-])cc1. The van der Waals surface area contributed by atoms with Gasteiger partial charge in [0.1, 0.15) is 0 Å². The Hall–Kier alpha value is -1.95. The van der Waals surface area contributed by atoms with Crippen molar-refractivity contribution in [2.24, 2.45) is 0 Å². The minimum Gasteiger partial charge on any atom is -0.340 e. The summed E-state index contributed by atoms with van der Waals surface area (Å²) in [5, 5.41) is 10.6. The summed E-state index contributed by atoms with van der Waals surface area (Å²) in [6, 6.07) is 5.69. The van der Waals surface area contributed by atoms with Crippen LogP contribution in [0.1, 0.15) is 24.2 Å². The van der Waals surface area contributed by atoms with Crippen LogP contribution in [0.15, 0.2) is 24.3 Å². The molecule has 0 spiro atoms. The minimum atomic E-state index is -0.474. The van der Waals surface area contributed by atoms with Crippen LogP contribution in [0.3, 0.4) is 0 Å². The molecule has 0 N–H and O–H groups in total. The zero-order chi connectivity index (χ0) is 15.1. The Bertz CT molecular complexity index is 455. The Morgan fingerprint density at radius 2 is 1.70 bits per heavy atom. The van der Waals surface area contributed by atoms with Gasteiger partial charge in [-0.15, -0.1) is 0 Å². The quantitative estimate of drug-likeness (QED) is 0.565. The fourth-order valence-electron chi connectivity index (χ4n) is 1.88. The zero-order valence-corrected chi connectivity index (χ0v) is 12.2. The fraction of sp³-hybridized carbons (Fsp3) is 0.500. The number of non-ortho nitro benzene ring substituents is 1. The Balaban J connectivity index is 2.62. The third-order valence-electron chi connectivity index (χ3n) is 3.32. The van der Waals surface area contributed by atoms with E-state index in [1.165, 1.54) is 24.3 Å². The van der Waals surface area contributed by atoms with Crippen molar-refractivity contribution < 1.29 is 9.72 Å². The summed E-state index contributed by atoms with van der Waals surface area (Å²) >= 11 is 0. The molecule has 0 aliphatic rings. The number of nitro groups is 1. The highest BCUT2D eigenvalue weighted by Gasteiger charge is 2.14. The van der Waals surface area contributed by atoms with Crippen LogP contribution in [0.4, 0.5) is 5.69 Å². The number of carbonyl (C=O) groups is 1. The third-order valence-corrected chi connectivity index (χ3v) is 3.32. The lowest BCUT2D eigenvalue weighted by Gasteiger charge is -2.23. The topological polar surface area (TPSA) is 66.7 Å². The minimum absolute atomic E-state index is 0.00709. The van der Waals surface area contributed by atoms with E-state index in [0.29, 0.717) is 12.1 Å². The normalized spacial score (nSPS) is 10.6.